The number of hydrogen-bond acceptors (Lipinski definition) is 2. The zero-order valence-corrected chi connectivity index (χ0v) is 9.84. The van der Waals surface area contributed by atoms with Crippen LogP contribution in [-0.2, 0) is 9.53 Å². The molecule has 13 heavy (non-hydrogen) atoms. The molecular formula is C10H11IO2. The smallest absolute Gasteiger partial charge is 0.334 e. The maximum atomic E-state index is 11.2. The zero-order valence-electron chi connectivity index (χ0n) is 7.69. The van der Waals surface area contributed by atoms with Crippen molar-refractivity contribution >= 4 is 28.6 Å². The van der Waals surface area contributed by atoms with Crippen LogP contribution in [-0.4, -0.2) is 12.6 Å². The predicted octanol–water partition coefficient (Wildman–Crippen LogP) is 2.75. The van der Waals surface area contributed by atoms with Gasteiger partial charge in [-0.25, -0.2) is 4.79 Å². The zero-order chi connectivity index (χ0) is 10.0. The van der Waals surface area contributed by atoms with Crippen molar-refractivity contribution in [1.82, 2.24) is 0 Å². The number of esters is 1. The molecule has 0 amide bonds. The van der Waals surface area contributed by atoms with Gasteiger partial charge in [-0.05, 0) is 23.5 Å². The summed E-state index contributed by atoms with van der Waals surface area (Å²) in [7, 11) is 0. The van der Waals surface area contributed by atoms with Crippen LogP contribution >= 0.6 is 22.6 Å². The van der Waals surface area contributed by atoms with Crippen molar-refractivity contribution in [2.75, 3.05) is 6.61 Å². The largest absolute Gasteiger partial charge is 0.457 e. The van der Waals surface area contributed by atoms with Gasteiger partial charge in [0.2, 0.25) is 0 Å². The molecule has 1 aliphatic heterocycles. The molecule has 1 aliphatic rings. The monoisotopic (exact) mass is 290 g/mol. The molecule has 0 bridgehead atoms. The molecule has 2 nitrogen and oxygen atoms in total. The van der Waals surface area contributed by atoms with E-state index in [9.17, 15) is 4.79 Å². The molecule has 0 aromatic rings. The van der Waals surface area contributed by atoms with Crippen molar-refractivity contribution in [3.8, 4) is 0 Å². The van der Waals surface area contributed by atoms with E-state index in [4.69, 9.17) is 4.74 Å². The molecule has 1 rings (SSSR count). The lowest BCUT2D eigenvalue weighted by molar-refractivity contribution is -0.138. The Morgan fingerprint density at radius 2 is 2.31 bits per heavy atom. The summed E-state index contributed by atoms with van der Waals surface area (Å²) in [5, 5.41) is 0. The van der Waals surface area contributed by atoms with E-state index >= 15 is 0 Å². The van der Waals surface area contributed by atoms with Gasteiger partial charge < -0.3 is 4.74 Å². The first kappa shape index (κ1) is 10.5. The number of allylic oxidation sites excluding steroid dienone is 1. The van der Waals surface area contributed by atoms with Crippen molar-refractivity contribution in [1.29, 1.82) is 0 Å². The Balaban J connectivity index is 3.25. The Hall–Kier alpha value is -0.580. The minimum Gasteiger partial charge on any atom is -0.457 e. The van der Waals surface area contributed by atoms with E-state index in [0.29, 0.717) is 12.2 Å². The molecule has 0 spiro atoms. The maximum Gasteiger partial charge on any atom is 0.334 e. The highest BCUT2D eigenvalue weighted by molar-refractivity contribution is 14.1. The van der Waals surface area contributed by atoms with Crippen LogP contribution in [0.15, 0.2) is 33.0 Å². The quantitative estimate of drug-likeness (QED) is 0.548. The lowest BCUT2D eigenvalue weighted by Gasteiger charge is -2.20. The third-order valence-corrected chi connectivity index (χ3v) is 2.67. The van der Waals surface area contributed by atoms with E-state index < -0.39 is 0 Å². The molecule has 0 atom stereocenters. The van der Waals surface area contributed by atoms with Gasteiger partial charge in [0.1, 0.15) is 6.61 Å². The fraction of sp³-hybridized carbons (Fsp3) is 0.300. The van der Waals surface area contributed by atoms with Crippen molar-refractivity contribution in [3.63, 3.8) is 0 Å². The van der Waals surface area contributed by atoms with Crippen LogP contribution in [0, 0.1) is 0 Å². The first-order valence-electron chi connectivity index (χ1n) is 3.91. The minimum atomic E-state index is -0.236. The van der Waals surface area contributed by atoms with Crippen molar-refractivity contribution in [2.45, 2.75) is 13.8 Å². The maximum absolute atomic E-state index is 11.2. The van der Waals surface area contributed by atoms with Gasteiger partial charge in [0, 0.05) is 11.1 Å². The van der Waals surface area contributed by atoms with Crippen LogP contribution in [0.25, 0.3) is 0 Å². The second kappa shape index (κ2) is 4.09. The van der Waals surface area contributed by atoms with Crippen LogP contribution in [0.3, 0.4) is 0 Å². The van der Waals surface area contributed by atoms with Crippen LogP contribution in [0.4, 0.5) is 0 Å². The average molecular weight is 290 g/mol. The summed E-state index contributed by atoms with van der Waals surface area (Å²) in [6.07, 6.45) is 0. The summed E-state index contributed by atoms with van der Waals surface area (Å²) < 4.78 is 6.89. The summed E-state index contributed by atoms with van der Waals surface area (Å²) in [4.78, 5) is 11.2. The highest BCUT2D eigenvalue weighted by atomic mass is 127. The van der Waals surface area contributed by atoms with Gasteiger partial charge in [0.15, 0.2) is 0 Å². The van der Waals surface area contributed by atoms with Crippen LogP contribution in [0.5, 0.6) is 0 Å². The van der Waals surface area contributed by atoms with E-state index in [2.05, 4.69) is 29.2 Å². The van der Waals surface area contributed by atoms with Crippen molar-refractivity contribution < 1.29 is 9.53 Å². The standard InChI is InChI=1S/C10H11IO2/c1-6(2)9-7(3)10(12)13-5-8(9)4-11/h4H,1,5H2,2-3H3/b8-4+. The molecular weight excluding hydrogens is 279 g/mol. The first-order valence-corrected chi connectivity index (χ1v) is 5.16. The number of halogens is 1. The Bertz CT molecular complexity index is 324. The third-order valence-electron chi connectivity index (χ3n) is 1.92. The van der Waals surface area contributed by atoms with E-state index in [1.807, 2.05) is 11.0 Å². The predicted molar refractivity (Wildman–Crippen MR) is 60.6 cm³/mol. The van der Waals surface area contributed by atoms with E-state index in [-0.39, 0.29) is 5.97 Å². The number of carbonyl (C=O) groups is 1. The van der Waals surface area contributed by atoms with Gasteiger partial charge in [0.25, 0.3) is 0 Å². The second-order valence-electron chi connectivity index (χ2n) is 2.99. The number of rotatable bonds is 1. The Labute approximate surface area is 91.5 Å². The minimum absolute atomic E-state index is 0.236. The fourth-order valence-electron chi connectivity index (χ4n) is 1.35. The van der Waals surface area contributed by atoms with Gasteiger partial charge in [-0.2, -0.15) is 0 Å². The van der Waals surface area contributed by atoms with Gasteiger partial charge in [-0.1, -0.05) is 34.7 Å². The Kier molecular flexibility index (Phi) is 3.30. The summed E-state index contributed by atoms with van der Waals surface area (Å²) in [6.45, 7) is 7.88. The first-order chi connectivity index (χ1) is 6.07. The van der Waals surface area contributed by atoms with Gasteiger partial charge in [0.05, 0.1) is 0 Å². The molecule has 0 fully saturated rings. The second-order valence-corrected chi connectivity index (χ2v) is 3.61. The SMILES string of the molecule is C=C(C)C1=C(C)C(=O)OC/C1=C\I. The summed E-state index contributed by atoms with van der Waals surface area (Å²) in [5.41, 5.74) is 3.55. The van der Waals surface area contributed by atoms with Crippen molar-refractivity contribution in [3.05, 3.63) is 33.0 Å². The molecule has 0 N–H and O–H groups in total. The molecule has 0 saturated carbocycles. The fourth-order valence-corrected chi connectivity index (χ4v) is 1.84. The van der Waals surface area contributed by atoms with Gasteiger partial charge in [-0.3, -0.25) is 0 Å². The molecule has 3 heteroatoms. The summed E-state index contributed by atoms with van der Waals surface area (Å²) in [6, 6.07) is 0. The number of carbonyl (C=O) groups excluding carboxylic acids is 1. The number of ether oxygens (including phenoxy) is 1. The molecule has 0 saturated heterocycles. The van der Waals surface area contributed by atoms with Crippen molar-refractivity contribution in [2.24, 2.45) is 0 Å². The Morgan fingerprint density at radius 3 is 2.77 bits per heavy atom. The topological polar surface area (TPSA) is 26.3 Å². The molecule has 0 radical (unpaired) electrons. The van der Waals surface area contributed by atoms with E-state index in [1.54, 1.807) is 6.92 Å². The molecule has 0 unspecified atom stereocenters. The molecule has 1 heterocycles. The van der Waals surface area contributed by atoms with Gasteiger partial charge in [-0.15, -0.1) is 0 Å². The van der Waals surface area contributed by atoms with Gasteiger partial charge >= 0.3 is 5.97 Å². The highest BCUT2D eigenvalue weighted by Gasteiger charge is 2.22. The molecule has 0 aromatic heterocycles. The number of cyclic esters (lactones) is 1. The van der Waals surface area contributed by atoms with Crippen LogP contribution in [0.1, 0.15) is 13.8 Å². The number of hydrogen-bond donors (Lipinski definition) is 0. The molecule has 0 aliphatic carbocycles. The van der Waals surface area contributed by atoms with E-state index in [1.165, 1.54) is 0 Å². The lowest BCUT2D eigenvalue weighted by Crippen LogP contribution is -2.18. The highest BCUT2D eigenvalue weighted by Crippen LogP contribution is 2.27. The molecule has 0 aromatic carbocycles. The summed E-state index contributed by atoms with van der Waals surface area (Å²) >= 11 is 2.14. The summed E-state index contributed by atoms with van der Waals surface area (Å²) in [5.74, 6) is -0.236. The Morgan fingerprint density at radius 1 is 1.69 bits per heavy atom. The van der Waals surface area contributed by atoms with Crippen LogP contribution < -0.4 is 0 Å². The normalized spacial score (nSPS) is 20.5. The molecule has 70 valence electrons. The average Bonchev–Trinajstić information content (AvgIpc) is 2.08. The third kappa shape index (κ3) is 2.02. The van der Waals surface area contributed by atoms with Crippen LogP contribution in [0.2, 0.25) is 0 Å². The lowest BCUT2D eigenvalue weighted by atomic mass is 9.95. The van der Waals surface area contributed by atoms with E-state index in [0.717, 1.165) is 16.7 Å².